The SMILES string of the molecule is COC(=O)[C@@H]1[C@H]2COc3ccccc3[C@@H]2N[C@@H]1c1ccccn1. The van der Waals surface area contributed by atoms with Crippen molar-refractivity contribution in [3.63, 3.8) is 0 Å². The zero-order chi connectivity index (χ0) is 15.8. The molecule has 118 valence electrons. The lowest BCUT2D eigenvalue weighted by atomic mass is 9.82. The molecule has 0 bridgehead atoms. The standard InChI is InChI=1S/C18H18N2O3/c1-22-18(21)15-12-10-23-14-8-3-2-6-11(14)16(12)20-17(15)13-7-4-5-9-19-13/h2-9,12,15-17,20H,10H2,1H3/t12-,15-,16+,17-/m1/s1. The molecule has 5 heteroatoms. The highest BCUT2D eigenvalue weighted by Crippen LogP contribution is 2.48. The number of hydrogen-bond donors (Lipinski definition) is 1. The minimum atomic E-state index is -0.312. The van der Waals surface area contributed by atoms with Gasteiger partial charge in [-0.2, -0.15) is 0 Å². The fraction of sp³-hybridized carbons (Fsp3) is 0.333. The molecule has 0 unspecified atom stereocenters. The van der Waals surface area contributed by atoms with Crippen molar-refractivity contribution in [1.82, 2.24) is 10.3 Å². The maximum absolute atomic E-state index is 12.4. The molecule has 4 atom stereocenters. The van der Waals surface area contributed by atoms with Gasteiger partial charge in [0.05, 0.1) is 31.4 Å². The van der Waals surface area contributed by atoms with E-state index in [1.165, 1.54) is 7.11 Å². The minimum absolute atomic E-state index is 0.0318. The van der Waals surface area contributed by atoms with E-state index in [4.69, 9.17) is 9.47 Å². The summed E-state index contributed by atoms with van der Waals surface area (Å²) in [7, 11) is 1.43. The molecule has 0 radical (unpaired) electrons. The van der Waals surface area contributed by atoms with Crippen molar-refractivity contribution >= 4 is 5.97 Å². The highest BCUT2D eigenvalue weighted by molar-refractivity contribution is 5.75. The van der Waals surface area contributed by atoms with Gasteiger partial charge in [-0.25, -0.2) is 0 Å². The van der Waals surface area contributed by atoms with Gasteiger partial charge >= 0.3 is 5.97 Å². The van der Waals surface area contributed by atoms with Crippen molar-refractivity contribution in [1.29, 1.82) is 0 Å². The summed E-state index contributed by atoms with van der Waals surface area (Å²) >= 11 is 0. The zero-order valence-corrected chi connectivity index (χ0v) is 12.8. The number of pyridine rings is 1. The predicted octanol–water partition coefficient (Wildman–Crippen LogP) is 2.26. The smallest absolute Gasteiger partial charge is 0.311 e. The second kappa shape index (κ2) is 5.66. The number of ether oxygens (including phenoxy) is 2. The molecule has 3 heterocycles. The van der Waals surface area contributed by atoms with Gasteiger partial charge in [-0.3, -0.25) is 9.78 Å². The summed E-state index contributed by atoms with van der Waals surface area (Å²) in [4.78, 5) is 16.8. The van der Waals surface area contributed by atoms with Crippen molar-refractivity contribution in [2.45, 2.75) is 12.1 Å². The van der Waals surface area contributed by atoms with Crippen LogP contribution in [0.15, 0.2) is 48.7 Å². The Morgan fingerprint density at radius 1 is 1.22 bits per heavy atom. The topological polar surface area (TPSA) is 60.5 Å². The van der Waals surface area contributed by atoms with Gasteiger partial charge in [-0.05, 0) is 18.2 Å². The summed E-state index contributed by atoms with van der Waals surface area (Å²) in [6.07, 6.45) is 1.75. The third-order valence-corrected chi connectivity index (χ3v) is 4.77. The number of nitrogens with zero attached hydrogens (tertiary/aromatic N) is 1. The summed E-state index contributed by atoms with van der Waals surface area (Å²) in [6.45, 7) is 0.498. The van der Waals surface area contributed by atoms with Crippen LogP contribution in [-0.2, 0) is 9.53 Å². The van der Waals surface area contributed by atoms with E-state index in [1.807, 2.05) is 42.5 Å². The van der Waals surface area contributed by atoms with Gasteiger partial charge in [-0.15, -0.1) is 0 Å². The van der Waals surface area contributed by atoms with Crippen LogP contribution in [0.2, 0.25) is 0 Å². The largest absolute Gasteiger partial charge is 0.493 e. The Hall–Kier alpha value is -2.40. The number of rotatable bonds is 2. The molecule has 2 aromatic rings. The van der Waals surface area contributed by atoms with Crippen LogP contribution in [0.4, 0.5) is 0 Å². The zero-order valence-electron chi connectivity index (χ0n) is 12.8. The second-order valence-corrected chi connectivity index (χ2v) is 5.94. The lowest BCUT2D eigenvalue weighted by molar-refractivity contribution is -0.148. The van der Waals surface area contributed by atoms with Gasteiger partial charge in [0.25, 0.3) is 0 Å². The van der Waals surface area contributed by atoms with E-state index in [1.54, 1.807) is 6.20 Å². The van der Waals surface area contributed by atoms with E-state index < -0.39 is 0 Å². The number of carbonyl (C=O) groups excluding carboxylic acids is 1. The number of nitrogens with one attached hydrogen (secondary N) is 1. The first-order chi connectivity index (χ1) is 11.3. The summed E-state index contributed by atoms with van der Waals surface area (Å²) < 4.78 is 10.9. The predicted molar refractivity (Wildman–Crippen MR) is 83.8 cm³/mol. The molecule has 1 aromatic carbocycles. The highest BCUT2D eigenvalue weighted by atomic mass is 16.5. The van der Waals surface area contributed by atoms with Crippen molar-refractivity contribution in [2.24, 2.45) is 11.8 Å². The Bertz CT molecular complexity index is 719. The number of aromatic nitrogens is 1. The summed E-state index contributed by atoms with van der Waals surface area (Å²) in [5.74, 6) is 0.382. The Labute approximate surface area is 134 Å². The van der Waals surface area contributed by atoms with Crippen LogP contribution in [0.5, 0.6) is 5.75 Å². The van der Waals surface area contributed by atoms with Gasteiger partial charge in [0, 0.05) is 23.7 Å². The van der Waals surface area contributed by atoms with Crippen LogP contribution in [-0.4, -0.2) is 24.7 Å². The van der Waals surface area contributed by atoms with Crippen molar-refractivity contribution in [3.8, 4) is 5.75 Å². The van der Waals surface area contributed by atoms with Crippen molar-refractivity contribution in [2.75, 3.05) is 13.7 Å². The molecular formula is C18H18N2O3. The van der Waals surface area contributed by atoms with Gasteiger partial charge < -0.3 is 14.8 Å². The fourth-order valence-electron chi connectivity index (χ4n) is 3.73. The molecule has 1 N–H and O–H groups in total. The van der Waals surface area contributed by atoms with E-state index in [0.29, 0.717) is 6.61 Å². The molecule has 0 spiro atoms. The molecule has 4 rings (SSSR count). The number of para-hydroxylation sites is 1. The lowest BCUT2D eigenvalue weighted by Crippen LogP contribution is -2.32. The molecule has 1 aromatic heterocycles. The molecule has 2 aliphatic heterocycles. The molecule has 1 fully saturated rings. The first-order valence-electron chi connectivity index (χ1n) is 7.76. The van der Waals surface area contributed by atoms with Gasteiger partial charge in [0.1, 0.15) is 5.75 Å². The van der Waals surface area contributed by atoms with E-state index in [0.717, 1.165) is 17.0 Å². The number of hydrogen-bond acceptors (Lipinski definition) is 5. The van der Waals surface area contributed by atoms with E-state index in [9.17, 15) is 4.79 Å². The Morgan fingerprint density at radius 2 is 2.04 bits per heavy atom. The first kappa shape index (κ1) is 14.2. The van der Waals surface area contributed by atoms with Crippen LogP contribution >= 0.6 is 0 Å². The Kier molecular flexibility index (Phi) is 3.50. The van der Waals surface area contributed by atoms with Crippen LogP contribution < -0.4 is 10.1 Å². The summed E-state index contributed by atoms with van der Waals surface area (Å²) in [5.41, 5.74) is 1.95. The van der Waals surface area contributed by atoms with Gasteiger partial charge in [-0.1, -0.05) is 24.3 Å². The normalized spacial score (nSPS) is 28.4. The number of carbonyl (C=O) groups is 1. The quantitative estimate of drug-likeness (QED) is 0.862. The number of benzene rings is 1. The lowest BCUT2D eigenvalue weighted by Gasteiger charge is -2.30. The number of methoxy groups -OCH3 is 1. The summed E-state index contributed by atoms with van der Waals surface area (Å²) in [6, 6.07) is 13.6. The third-order valence-electron chi connectivity index (χ3n) is 4.77. The molecule has 5 nitrogen and oxygen atoms in total. The third kappa shape index (κ3) is 2.28. The average Bonchev–Trinajstić information content (AvgIpc) is 3.02. The van der Waals surface area contributed by atoms with E-state index >= 15 is 0 Å². The van der Waals surface area contributed by atoms with Crippen molar-refractivity contribution < 1.29 is 14.3 Å². The average molecular weight is 310 g/mol. The van der Waals surface area contributed by atoms with E-state index in [-0.39, 0.29) is 29.9 Å². The molecular weight excluding hydrogens is 292 g/mol. The Balaban J connectivity index is 1.76. The Morgan fingerprint density at radius 3 is 2.83 bits per heavy atom. The number of fused-ring (bicyclic) bond motifs is 3. The van der Waals surface area contributed by atoms with E-state index in [2.05, 4.69) is 10.3 Å². The van der Waals surface area contributed by atoms with Gasteiger partial charge in [0.15, 0.2) is 0 Å². The molecule has 1 saturated heterocycles. The molecule has 23 heavy (non-hydrogen) atoms. The molecule has 0 amide bonds. The highest BCUT2D eigenvalue weighted by Gasteiger charge is 2.51. The maximum Gasteiger partial charge on any atom is 0.311 e. The first-order valence-corrected chi connectivity index (χ1v) is 7.76. The minimum Gasteiger partial charge on any atom is -0.493 e. The van der Waals surface area contributed by atoms with Crippen LogP contribution in [0, 0.1) is 11.8 Å². The van der Waals surface area contributed by atoms with Crippen LogP contribution in [0.3, 0.4) is 0 Å². The molecule has 0 saturated carbocycles. The molecule has 0 aliphatic carbocycles. The molecule has 2 aliphatic rings. The van der Waals surface area contributed by atoms with Crippen LogP contribution in [0.25, 0.3) is 0 Å². The fourth-order valence-corrected chi connectivity index (χ4v) is 3.73. The van der Waals surface area contributed by atoms with Crippen molar-refractivity contribution in [3.05, 3.63) is 59.9 Å². The summed E-state index contributed by atoms with van der Waals surface area (Å²) in [5, 5.41) is 3.59. The number of esters is 1. The monoisotopic (exact) mass is 310 g/mol. The second-order valence-electron chi connectivity index (χ2n) is 5.94. The maximum atomic E-state index is 12.4. The van der Waals surface area contributed by atoms with Crippen LogP contribution in [0.1, 0.15) is 23.3 Å². The van der Waals surface area contributed by atoms with Gasteiger partial charge in [0.2, 0.25) is 0 Å².